The van der Waals surface area contributed by atoms with Gasteiger partial charge >= 0.3 is 0 Å². The van der Waals surface area contributed by atoms with E-state index in [1.165, 1.54) is 8.45 Å². The second-order valence-electron chi connectivity index (χ2n) is 4.18. The van der Waals surface area contributed by atoms with Crippen LogP contribution in [0.5, 0.6) is 0 Å². The van der Waals surface area contributed by atoms with E-state index in [1.54, 1.807) is 24.3 Å². The molecule has 1 nitrogen and oxygen atoms in total. The summed E-state index contributed by atoms with van der Waals surface area (Å²) in [6.07, 6.45) is 0. The molecular formula is C14H15FINS. The number of aryl methyl sites for hydroxylation is 1. The van der Waals surface area contributed by atoms with Crippen molar-refractivity contribution in [2.75, 3.05) is 6.54 Å². The zero-order chi connectivity index (χ0) is 13.1. The van der Waals surface area contributed by atoms with E-state index in [0.29, 0.717) is 5.56 Å². The van der Waals surface area contributed by atoms with Crippen LogP contribution in [-0.2, 0) is 0 Å². The summed E-state index contributed by atoms with van der Waals surface area (Å²) >= 11 is 4.02. The van der Waals surface area contributed by atoms with Crippen LogP contribution in [0.15, 0.2) is 29.6 Å². The second-order valence-corrected chi connectivity index (χ2v) is 6.99. The fraction of sp³-hybridized carbons (Fsp3) is 0.286. The molecule has 0 spiro atoms. The van der Waals surface area contributed by atoms with Crippen molar-refractivity contribution in [1.82, 2.24) is 5.32 Å². The van der Waals surface area contributed by atoms with Crippen LogP contribution in [0.1, 0.15) is 29.7 Å². The quantitative estimate of drug-likeness (QED) is 0.776. The molecule has 96 valence electrons. The summed E-state index contributed by atoms with van der Waals surface area (Å²) in [4.78, 5) is 0. The van der Waals surface area contributed by atoms with Gasteiger partial charge in [0.1, 0.15) is 5.82 Å². The molecule has 0 fully saturated rings. The van der Waals surface area contributed by atoms with Crippen LogP contribution in [-0.4, -0.2) is 6.54 Å². The molecule has 1 N–H and O–H groups in total. The smallest absolute Gasteiger partial charge is 0.126 e. The highest BCUT2D eigenvalue weighted by atomic mass is 127. The van der Waals surface area contributed by atoms with Gasteiger partial charge in [-0.2, -0.15) is 0 Å². The van der Waals surface area contributed by atoms with Gasteiger partial charge in [0, 0.05) is 0 Å². The Morgan fingerprint density at radius 1 is 1.33 bits per heavy atom. The molecule has 0 saturated carbocycles. The number of halogens is 2. The van der Waals surface area contributed by atoms with Crippen molar-refractivity contribution < 1.29 is 4.39 Å². The van der Waals surface area contributed by atoms with Crippen molar-refractivity contribution in [3.63, 3.8) is 0 Å². The van der Waals surface area contributed by atoms with E-state index in [4.69, 9.17) is 0 Å². The lowest BCUT2D eigenvalue weighted by molar-refractivity contribution is 0.598. The molecule has 1 unspecified atom stereocenters. The minimum absolute atomic E-state index is 0.0739. The van der Waals surface area contributed by atoms with E-state index in [9.17, 15) is 4.39 Å². The predicted molar refractivity (Wildman–Crippen MR) is 83.7 cm³/mol. The topological polar surface area (TPSA) is 12.0 Å². The molecule has 0 aliphatic heterocycles. The van der Waals surface area contributed by atoms with Gasteiger partial charge in [0.25, 0.3) is 0 Å². The van der Waals surface area contributed by atoms with Crippen molar-refractivity contribution in [1.29, 1.82) is 0 Å². The summed E-state index contributed by atoms with van der Waals surface area (Å²) in [5.41, 5.74) is 2.87. The van der Waals surface area contributed by atoms with Gasteiger partial charge in [-0.05, 0) is 70.3 Å². The first kappa shape index (κ1) is 14.0. The maximum Gasteiger partial charge on any atom is 0.126 e. The summed E-state index contributed by atoms with van der Waals surface area (Å²) in [7, 11) is 0. The summed E-state index contributed by atoms with van der Waals surface area (Å²) < 4.78 is 14.9. The molecule has 2 aromatic rings. The van der Waals surface area contributed by atoms with E-state index in [0.717, 1.165) is 12.1 Å². The third kappa shape index (κ3) is 3.10. The Kier molecular flexibility index (Phi) is 4.75. The Bertz CT molecular complexity index is 538. The molecule has 0 amide bonds. The molecule has 1 heterocycles. The van der Waals surface area contributed by atoms with Gasteiger partial charge in [0.15, 0.2) is 0 Å². The first-order chi connectivity index (χ1) is 8.61. The molecule has 1 aromatic heterocycles. The standard InChI is InChI=1S/C14H15FINS/c1-3-17-14(11-7-13(16)18-8-11)10-5-4-9(2)12(15)6-10/h4-8,14,17H,3H2,1-2H3. The lowest BCUT2D eigenvalue weighted by atomic mass is 10.00. The third-order valence-corrected chi connectivity index (χ3v) is 4.67. The minimum Gasteiger partial charge on any atom is -0.307 e. The molecule has 2 rings (SSSR count). The highest BCUT2D eigenvalue weighted by molar-refractivity contribution is 14.1. The number of benzene rings is 1. The van der Waals surface area contributed by atoms with Gasteiger partial charge in [0.05, 0.1) is 8.93 Å². The van der Waals surface area contributed by atoms with E-state index in [1.807, 2.05) is 12.1 Å². The van der Waals surface area contributed by atoms with Crippen LogP contribution in [0.3, 0.4) is 0 Å². The zero-order valence-corrected chi connectivity index (χ0v) is 13.3. The van der Waals surface area contributed by atoms with Gasteiger partial charge in [-0.15, -0.1) is 11.3 Å². The summed E-state index contributed by atoms with van der Waals surface area (Å²) in [6, 6.07) is 7.69. The molecule has 0 bridgehead atoms. The van der Waals surface area contributed by atoms with Gasteiger partial charge in [-0.25, -0.2) is 4.39 Å². The summed E-state index contributed by atoms with van der Waals surface area (Å²) in [5, 5.41) is 5.54. The lowest BCUT2D eigenvalue weighted by Crippen LogP contribution is -2.21. The fourth-order valence-corrected chi connectivity index (χ4v) is 3.29. The van der Waals surface area contributed by atoms with Gasteiger partial charge in [-0.3, -0.25) is 0 Å². The van der Waals surface area contributed by atoms with Crippen molar-refractivity contribution in [2.24, 2.45) is 0 Å². The number of nitrogens with one attached hydrogen (secondary N) is 1. The van der Waals surface area contributed by atoms with Crippen LogP contribution in [0, 0.1) is 15.6 Å². The first-order valence-corrected chi connectivity index (χ1v) is 7.81. The zero-order valence-electron chi connectivity index (χ0n) is 10.3. The maximum absolute atomic E-state index is 13.7. The Morgan fingerprint density at radius 3 is 2.67 bits per heavy atom. The Balaban J connectivity index is 2.37. The number of rotatable bonds is 4. The van der Waals surface area contributed by atoms with Crippen LogP contribution < -0.4 is 5.32 Å². The third-order valence-electron chi connectivity index (χ3n) is 2.86. The SMILES string of the molecule is CCNC(c1csc(I)c1)c1ccc(C)c(F)c1. The molecular weight excluding hydrogens is 360 g/mol. The summed E-state index contributed by atoms with van der Waals surface area (Å²) in [5.74, 6) is -0.139. The van der Waals surface area contributed by atoms with Gasteiger partial charge < -0.3 is 5.32 Å². The van der Waals surface area contributed by atoms with E-state index >= 15 is 0 Å². The number of hydrogen-bond acceptors (Lipinski definition) is 2. The van der Waals surface area contributed by atoms with Gasteiger partial charge in [0.2, 0.25) is 0 Å². The fourth-order valence-electron chi connectivity index (χ4n) is 1.90. The van der Waals surface area contributed by atoms with Crippen molar-refractivity contribution >= 4 is 33.9 Å². The van der Waals surface area contributed by atoms with Crippen LogP contribution in [0.25, 0.3) is 0 Å². The van der Waals surface area contributed by atoms with Gasteiger partial charge in [-0.1, -0.05) is 19.1 Å². The molecule has 0 aliphatic rings. The molecule has 4 heteroatoms. The van der Waals surface area contributed by atoms with Crippen molar-refractivity contribution in [3.8, 4) is 0 Å². The Morgan fingerprint density at radius 2 is 2.11 bits per heavy atom. The summed E-state index contributed by atoms with van der Waals surface area (Å²) in [6.45, 7) is 4.70. The van der Waals surface area contributed by atoms with Crippen LogP contribution in [0.2, 0.25) is 0 Å². The number of thiophene rings is 1. The Hall–Kier alpha value is -0.460. The predicted octanol–water partition coefficient (Wildman–Crippen LogP) is 4.50. The largest absolute Gasteiger partial charge is 0.307 e. The monoisotopic (exact) mass is 375 g/mol. The van der Waals surface area contributed by atoms with Crippen LogP contribution in [0.4, 0.5) is 4.39 Å². The molecule has 0 aliphatic carbocycles. The Labute approximate surface area is 125 Å². The highest BCUT2D eigenvalue weighted by Crippen LogP contribution is 2.28. The van der Waals surface area contributed by atoms with E-state index in [-0.39, 0.29) is 11.9 Å². The molecule has 0 radical (unpaired) electrons. The molecule has 1 atom stereocenters. The second kappa shape index (κ2) is 6.12. The molecule has 18 heavy (non-hydrogen) atoms. The molecule has 1 aromatic carbocycles. The average Bonchev–Trinajstić information content (AvgIpc) is 2.76. The normalized spacial score (nSPS) is 12.7. The van der Waals surface area contributed by atoms with E-state index < -0.39 is 0 Å². The average molecular weight is 375 g/mol. The van der Waals surface area contributed by atoms with Crippen LogP contribution >= 0.6 is 33.9 Å². The lowest BCUT2D eigenvalue weighted by Gasteiger charge is -2.17. The number of hydrogen-bond donors (Lipinski definition) is 1. The minimum atomic E-state index is -0.139. The highest BCUT2D eigenvalue weighted by Gasteiger charge is 2.15. The first-order valence-electron chi connectivity index (χ1n) is 5.85. The maximum atomic E-state index is 13.7. The van der Waals surface area contributed by atoms with E-state index in [2.05, 4.69) is 46.3 Å². The van der Waals surface area contributed by atoms with Crippen molar-refractivity contribution in [3.05, 3.63) is 55.0 Å². The van der Waals surface area contributed by atoms with Crippen molar-refractivity contribution in [2.45, 2.75) is 19.9 Å². The molecule has 0 saturated heterocycles.